The zero-order valence-corrected chi connectivity index (χ0v) is 20.5. The van der Waals surface area contributed by atoms with E-state index in [0.717, 1.165) is 12.8 Å². The average molecular weight is 383 g/mol. The lowest BCUT2D eigenvalue weighted by Gasteiger charge is -2.54. The maximum atomic E-state index is 6.87. The van der Waals surface area contributed by atoms with Crippen molar-refractivity contribution in [3.05, 3.63) is 11.6 Å². The lowest BCUT2D eigenvalue weighted by molar-refractivity contribution is -0.0928. The van der Waals surface area contributed by atoms with E-state index in [9.17, 15) is 0 Å². The molecule has 1 spiro atoms. The van der Waals surface area contributed by atoms with Gasteiger partial charge in [-0.1, -0.05) is 18.6 Å². The fourth-order valence-electron chi connectivity index (χ4n) is 5.66. The van der Waals surface area contributed by atoms with Crippen molar-refractivity contribution in [2.24, 2.45) is 17.3 Å². The third kappa shape index (κ3) is 4.69. The summed E-state index contributed by atoms with van der Waals surface area (Å²) in [5.41, 5.74) is 1.67. The minimum Gasteiger partial charge on any atom is -0.414 e. The fourth-order valence-corrected chi connectivity index (χ4v) is 8.54. The highest BCUT2D eigenvalue weighted by Gasteiger charge is 2.59. The summed E-state index contributed by atoms with van der Waals surface area (Å²) < 4.78 is 13.6. The largest absolute Gasteiger partial charge is 0.414 e. The molecule has 2 aliphatic carbocycles. The zero-order valence-electron chi connectivity index (χ0n) is 18.5. The van der Waals surface area contributed by atoms with Crippen molar-refractivity contribution in [3.63, 3.8) is 0 Å². The minimum absolute atomic E-state index is 0.0740. The highest BCUT2D eigenvalue weighted by atomic mass is 28.4. The van der Waals surface area contributed by atoms with Gasteiger partial charge in [0.2, 0.25) is 0 Å². The maximum absolute atomic E-state index is 6.87. The van der Waals surface area contributed by atoms with Gasteiger partial charge in [0.15, 0.2) is 16.6 Å². The SMILES string of the molecule is CC1=CC[C@@]2(C(O[Si](C)(C)C)C1)[C@H](C)CC[C@@H]2C(C)(C)O[Si](C)(C)C. The fraction of sp³-hybridized carbons (Fsp3) is 0.905. The summed E-state index contributed by atoms with van der Waals surface area (Å²) in [6.45, 7) is 23.4. The summed E-state index contributed by atoms with van der Waals surface area (Å²) >= 11 is 0. The van der Waals surface area contributed by atoms with Gasteiger partial charge in [0.25, 0.3) is 0 Å². The second-order valence-electron chi connectivity index (χ2n) is 11.1. The van der Waals surface area contributed by atoms with Gasteiger partial charge >= 0.3 is 0 Å². The van der Waals surface area contributed by atoms with Crippen LogP contribution in [0.3, 0.4) is 0 Å². The quantitative estimate of drug-likeness (QED) is 0.393. The summed E-state index contributed by atoms with van der Waals surface area (Å²) in [7, 11) is -3.18. The molecule has 0 aliphatic heterocycles. The first-order valence-electron chi connectivity index (χ1n) is 10.2. The Hall–Kier alpha value is 0.0938. The predicted molar refractivity (Wildman–Crippen MR) is 114 cm³/mol. The molecule has 146 valence electrons. The monoisotopic (exact) mass is 382 g/mol. The molecular weight excluding hydrogens is 340 g/mol. The van der Waals surface area contributed by atoms with Gasteiger partial charge in [0, 0.05) is 5.41 Å². The number of hydrogen-bond donors (Lipinski definition) is 0. The van der Waals surface area contributed by atoms with Crippen molar-refractivity contribution in [2.45, 2.75) is 104 Å². The molecular formula is C21H42O2Si2. The van der Waals surface area contributed by atoms with E-state index in [1.54, 1.807) is 0 Å². The smallest absolute Gasteiger partial charge is 0.184 e. The Morgan fingerprint density at radius 1 is 1.04 bits per heavy atom. The molecule has 0 bridgehead atoms. The molecule has 0 saturated heterocycles. The van der Waals surface area contributed by atoms with Crippen LogP contribution in [0.15, 0.2) is 11.6 Å². The third-order valence-corrected chi connectivity index (χ3v) is 8.40. The van der Waals surface area contributed by atoms with Crippen molar-refractivity contribution < 1.29 is 8.85 Å². The first-order chi connectivity index (χ1) is 11.2. The molecule has 2 rings (SSSR count). The van der Waals surface area contributed by atoms with Crippen LogP contribution in [0.5, 0.6) is 0 Å². The minimum atomic E-state index is -1.59. The molecule has 0 N–H and O–H groups in total. The van der Waals surface area contributed by atoms with Gasteiger partial charge in [-0.25, -0.2) is 0 Å². The van der Waals surface area contributed by atoms with Crippen LogP contribution in [-0.4, -0.2) is 28.3 Å². The van der Waals surface area contributed by atoms with E-state index in [4.69, 9.17) is 8.85 Å². The lowest BCUT2D eigenvalue weighted by atomic mass is 9.59. The van der Waals surface area contributed by atoms with E-state index in [1.807, 2.05) is 0 Å². The van der Waals surface area contributed by atoms with Crippen LogP contribution in [0.25, 0.3) is 0 Å². The summed E-state index contributed by atoms with van der Waals surface area (Å²) in [4.78, 5) is 0. The molecule has 0 aromatic carbocycles. The van der Waals surface area contributed by atoms with Crippen LogP contribution in [-0.2, 0) is 8.85 Å². The molecule has 25 heavy (non-hydrogen) atoms. The molecule has 1 fully saturated rings. The topological polar surface area (TPSA) is 18.5 Å². The van der Waals surface area contributed by atoms with E-state index in [1.165, 1.54) is 18.4 Å². The number of hydrogen-bond acceptors (Lipinski definition) is 2. The third-order valence-electron chi connectivity index (χ3n) is 6.27. The summed E-state index contributed by atoms with van der Waals surface area (Å²) in [5.74, 6) is 1.28. The Labute approximate surface area is 159 Å². The molecule has 2 nitrogen and oxygen atoms in total. The number of allylic oxidation sites excluding steroid dienone is 1. The van der Waals surface area contributed by atoms with Crippen molar-refractivity contribution in [1.82, 2.24) is 0 Å². The van der Waals surface area contributed by atoms with Crippen molar-refractivity contribution >= 4 is 16.6 Å². The van der Waals surface area contributed by atoms with Crippen LogP contribution in [0.4, 0.5) is 0 Å². The Morgan fingerprint density at radius 2 is 1.64 bits per heavy atom. The van der Waals surface area contributed by atoms with E-state index in [0.29, 0.717) is 17.9 Å². The Morgan fingerprint density at radius 3 is 2.16 bits per heavy atom. The highest BCUT2D eigenvalue weighted by Crippen LogP contribution is 2.60. The van der Waals surface area contributed by atoms with Crippen LogP contribution in [0, 0.1) is 17.3 Å². The molecule has 2 aliphatic rings. The first-order valence-corrected chi connectivity index (χ1v) is 17.0. The molecule has 4 heteroatoms. The Bertz CT molecular complexity index is 513. The van der Waals surface area contributed by atoms with Gasteiger partial charge in [0.05, 0.1) is 11.7 Å². The molecule has 1 unspecified atom stereocenters. The van der Waals surface area contributed by atoms with Gasteiger partial charge in [-0.15, -0.1) is 0 Å². The van der Waals surface area contributed by atoms with Crippen LogP contribution in [0.2, 0.25) is 39.3 Å². The standard InChI is InChI=1S/C21H42O2Si2/c1-16-13-14-21(19(15-16)22-24(5,6)7)17(2)11-12-18(21)20(3,4)23-25(8,9)10/h13,17-19H,11-12,14-15H2,1-10H3/t17-,18-,19?,21-/m1/s1. The van der Waals surface area contributed by atoms with Gasteiger partial charge < -0.3 is 8.85 Å². The molecule has 0 heterocycles. The second kappa shape index (κ2) is 6.92. The van der Waals surface area contributed by atoms with E-state index >= 15 is 0 Å². The van der Waals surface area contributed by atoms with E-state index < -0.39 is 16.6 Å². The highest BCUT2D eigenvalue weighted by molar-refractivity contribution is 6.70. The summed E-state index contributed by atoms with van der Waals surface area (Å²) in [6, 6.07) is 0. The number of rotatable bonds is 5. The van der Waals surface area contributed by atoms with Crippen molar-refractivity contribution in [2.75, 3.05) is 0 Å². The Kier molecular flexibility index (Phi) is 5.92. The van der Waals surface area contributed by atoms with Crippen LogP contribution >= 0.6 is 0 Å². The van der Waals surface area contributed by atoms with Crippen LogP contribution in [0.1, 0.15) is 53.4 Å². The van der Waals surface area contributed by atoms with E-state index in [-0.39, 0.29) is 11.0 Å². The van der Waals surface area contributed by atoms with Gasteiger partial charge in [-0.05, 0) is 97.6 Å². The molecule has 0 amide bonds. The first kappa shape index (κ1) is 21.4. The normalized spacial score (nSPS) is 34.5. The molecule has 1 saturated carbocycles. The van der Waals surface area contributed by atoms with Crippen LogP contribution < -0.4 is 0 Å². The van der Waals surface area contributed by atoms with Gasteiger partial charge in [-0.3, -0.25) is 0 Å². The van der Waals surface area contributed by atoms with E-state index in [2.05, 4.69) is 73.1 Å². The van der Waals surface area contributed by atoms with Gasteiger partial charge in [0.1, 0.15) is 0 Å². The van der Waals surface area contributed by atoms with Crippen molar-refractivity contribution in [1.29, 1.82) is 0 Å². The molecule has 0 aromatic rings. The van der Waals surface area contributed by atoms with Crippen molar-refractivity contribution in [3.8, 4) is 0 Å². The Balaban J connectivity index is 2.44. The predicted octanol–water partition coefficient (Wildman–Crippen LogP) is 6.61. The second-order valence-corrected chi connectivity index (χ2v) is 20.0. The maximum Gasteiger partial charge on any atom is 0.184 e. The summed E-state index contributed by atoms with van der Waals surface area (Å²) in [5, 5.41) is 0. The summed E-state index contributed by atoms with van der Waals surface area (Å²) in [6.07, 6.45) is 7.71. The van der Waals surface area contributed by atoms with Gasteiger partial charge in [-0.2, -0.15) is 0 Å². The molecule has 0 aromatic heterocycles. The molecule has 0 radical (unpaired) electrons. The lowest BCUT2D eigenvalue weighted by Crippen LogP contribution is -2.56. The zero-order chi connectivity index (χ0) is 19.3. The average Bonchev–Trinajstić information content (AvgIpc) is 2.68. The molecule has 4 atom stereocenters.